The minimum atomic E-state index is -0.577. The highest BCUT2D eigenvalue weighted by Crippen LogP contribution is 2.15. The molecule has 0 saturated heterocycles. The number of hydrogen-bond acceptors (Lipinski definition) is 4. The summed E-state index contributed by atoms with van der Waals surface area (Å²) in [5, 5.41) is 13.4. The zero-order chi connectivity index (χ0) is 11.3. The maximum atomic E-state index is 9.63. The molecule has 0 saturated carbocycles. The van der Waals surface area contributed by atoms with E-state index in [0.29, 0.717) is 24.1 Å². The monoisotopic (exact) mass is 212 g/mol. The maximum absolute atomic E-state index is 9.63. The third-order valence-corrected chi connectivity index (χ3v) is 2.28. The molecule has 0 spiro atoms. The van der Waals surface area contributed by atoms with Crippen LogP contribution < -0.4 is 0 Å². The van der Waals surface area contributed by atoms with Gasteiger partial charge in [0, 0.05) is 6.42 Å². The van der Waals surface area contributed by atoms with Crippen LogP contribution in [0.25, 0.3) is 0 Å². The first kappa shape index (κ1) is 12.2. The fraction of sp³-hybridized carbons (Fsp3) is 0.818. The van der Waals surface area contributed by atoms with Crippen molar-refractivity contribution in [1.29, 1.82) is 0 Å². The zero-order valence-corrected chi connectivity index (χ0v) is 9.73. The van der Waals surface area contributed by atoms with E-state index in [1.807, 2.05) is 6.92 Å². The second-order valence-electron chi connectivity index (χ2n) is 4.28. The first-order valence-electron chi connectivity index (χ1n) is 5.64. The second kappa shape index (κ2) is 5.85. The van der Waals surface area contributed by atoms with Crippen molar-refractivity contribution in [3.8, 4) is 0 Å². The SMILES string of the molecule is CCCC(O)c1noc(CCC(C)C)n1. The van der Waals surface area contributed by atoms with Gasteiger partial charge in [0.15, 0.2) is 5.82 Å². The highest BCUT2D eigenvalue weighted by Gasteiger charge is 2.14. The standard InChI is InChI=1S/C11H20N2O2/c1-4-5-9(14)11-12-10(15-13-11)7-6-8(2)3/h8-9,14H,4-7H2,1-3H3. The quantitative estimate of drug-likeness (QED) is 0.787. The number of hydrogen-bond donors (Lipinski definition) is 1. The van der Waals surface area contributed by atoms with Gasteiger partial charge in [0.2, 0.25) is 5.89 Å². The predicted octanol–water partition coefficient (Wildman–Crippen LogP) is 2.49. The van der Waals surface area contributed by atoms with Gasteiger partial charge in [-0.2, -0.15) is 4.98 Å². The minimum absolute atomic E-state index is 0.426. The van der Waals surface area contributed by atoms with Gasteiger partial charge < -0.3 is 9.63 Å². The molecule has 4 nitrogen and oxygen atoms in total. The molecule has 0 bridgehead atoms. The van der Waals surface area contributed by atoms with E-state index in [9.17, 15) is 5.11 Å². The molecule has 4 heteroatoms. The van der Waals surface area contributed by atoms with E-state index in [1.165, 1.54) is 0 Å². The van der Waals surface area contributed by atoms with Gasteiger partial charge in [-0.3, -0.25) is 0 Å². The average molecular weight is 212 g/mol. The summed E-state index contributed by atoms with van der Waals surface area (Å²) >= 11 is 0. The Balaban J connectivity index is 2.48. The molecule has 0 radical (unpaired) electrons. The summed E-state index contributed by atoms with van der Waals surface area (Å²) in [6, 6.07) is 0. The van der Waals surface area contributed by atoms with Gasteiger partial charge in [-0.05, 0) is 18.8 Å². The fourth-order valence-electron chi connectivity index (χ4n) is 1.32. The summed E-state index contributed by atoms with van der Waals surface area (Å²) in [6.07, 6.45) is 2.85. The molecule has 1 rings (SSSR count). The molecule has 1 aromatic heterocycles. The summed E-state index contributed by atoms with van der Waals surface area (Å²) in [5.74, 6) is 1.69. The summed E-state index contributed by atoms with van der Waals surface area (Å²) in [6.45, 7) is 6.33. The molecule has 0 aromatic carbocycles. The Labute approximate surface area is 90.7 Å². The molecule has 1 atom stereocenters. The van der Waals surface area contributed by atoms with E-state index in [1.54, 1.807) is 0 Å². The Morgan fingerprint density at radius 3 is 2.67 bits per heavy atom. The average Bonchev–Trinajstić information content (AvgIpc) is 2.63. The number of aryl methyl sites for hydroxylation is 1. The van der Waals surface area contributed by atoms with Crippen molar-refractivity contribution < 1.29 is 9.63 Å². The lowest BCUT2D eigenvalue weighted by molar-refractivity contribution is 0.152. The molecule has 0 aliphatic carbocycles. The first-order valence-corrected chi connectivity index (χ1v) is 5.64. The summed E-state index contributed by atoms with van der Waals surface area (Å²) in [4.78, 5) is 4.17. The second-order valence-corrected chi connectivity index (χ2v) is 4.28. The minimum Gasteiger partial charge on any atom is -0.385 e. The zero-order valence-electron chi connectivity index (χ0n) is 9.73. The topological polar surface area (TPSA) is 59.2 Å². The van der Waals surface area contributed by atoms with Crippen molar-refractivity contribution in [3.63, 3.8) is 0 Å². The molecule has 15 heavy (non-hydrogen) atoms. The Morgan fingerprint density at radius 1 is 1.33 bits per heavy atom. The van der Waals surface area contributed by atoms with Crippen molar-refractivity contribution in [2.45, 2.75) is 52.6 Å². The van der Waals surface area contributed by atoms with Gasteiger partial charge in [-0.1, -0.05) is 32.3 Å². The summed E-state index contributed by atoms with van der Waals surface area (Å²) < 4.78 is 5.06. The van der Waals surface area contributed by atoms with Crippen molar-refractivity contribution in [2.24, 2.45) is 5.92 Å². The van der Waals surface area contributed by atoms with Gasteiger partial charge >= 0.3 is 0 Å². The third kappa shape index (κ3) is 4.00. The van der Waals surface area contributed by atoms with Gasteiger partial charge in [-0.25, -0.2) is 0 Å². The number of nitrogens with zero attached hydrogens (tertiary/aromatic N) is 2. The Bertz CT molecular complexity index is 284. The lowest BCUT2D eigenvalue weighted by atomic mass is 10.1. The third-order valence-electron chi connectivity index (χ3n) is 2.28. The number of aliphatic hydroxyl groups is 1. The molecular formula is C11H20N2O2. The Kier molecular flexibility index (Phi) is 4.75. The molecule has 0 fully saturated rings. The molecule has 1 unspecified atom stereocenters. The number of aromatic nitrogens is 2. The molecule has 1 aromatic rings. The van der Waals surface area contributed by atoms with Crippen LogP contribution in [0, 0.1) is 5.92 Å². The number of rotatable bonds is 6. The molecule has 0 aliphatic heterocycles. The van der Waals surface area contributed by atoms with E-state index in [4.69, 9.17) is 4.52 Å². The number of aliphatic hydroxyl groups excluding tert-OH is 1. The van der Waals surface area contributed by atoms with Crippen LogP contribution in [0.1, 0.15) is 57.9 Å². The van der Waals surface area contributed by atoms with Gasteiger partial charge in [0.05, 0.1) is 0 Å². The molecule has 86 valence electrons. The molecular weight excluding hydrogens is 192 g/mol. The summed E-state index contributed by atoms with van der Waals surface area (Å²) in [5.41, 5.74) is 0. The van der Waals surface area contributed by atoms with Crippen LogP contribution in [0.5, 0.6) is 0 Å². The van der Waals surface area contributed by atoms with Crippen LogP contribution in [0.3, 0.4) is 0 Å². The molecule has 1 N–H and O–H groups in total. The molecule has 1 heterocycles. The van der Waals surface area contributed by atoms with Crippen LogP contribution >= 0.6 is 0 Å². The van der Waals surface area contributed by atoms with E-state index in [0.717, 1.165) is 19.3 Å². The van der Waals surface area contributed by atoms with Crippen LogP contribution in [0.2, 0.25) is 0 Å². The Morgan fingerprint density at radius 2 is 2.07 bits per heavy atom. The van der Waals surface area contributed by atoms with Crippen molar-refractivity contribution in [2.75, 3.05) is 0 Å². The molecule has 0 aliphatic rings. The van der Waals surface area contributed by atoms with Gasteiger partial charge in [0.25, 0.3) is 0 Å². The normalized spacial score (nSPS) is 13.4. The van der Waals surface area contributed by atoms with Gasteiger partial charge in [0.1, 0.15) is 6.10 Å². The van der Waals surface area contributed by atoms with Crippen molar-refractivity contribution in [3.05, 3.63) is 11.7 Å². The highest BCUT2D eigenvalue weighted by atomic mass is 16.5. The maximum Gasteiger partial charge on any atom is 0.226 e. The van der Waals surface area contributed by atoms with Crippen molar-refractivity contribution >= 4 is 0 Å². The lowest BCUT2D eigenvalue weighted by Gasteiger charge is -2.01. The van der Waals surface area contributed by atoms with E-state index >= 15 is 0 Å². The predicted molar refractivity (Wildman–Crippen MR) is 57.3 cm³/mol. The van der Waals surface area contributed by atoms with E-state index in [2.05, 4.69) is 24.0 Å². The van der Waals surface area contributed by atoms with E-state index < -0.39 is 6.10 Å². The molecule has 0 amide bonds. The van der Waals surface area contributed by atoms with Crippen LogP contribution in [-0.4, -0.2) is 15.2 Å². The highest BCUT2D eigenvalue weighted by molar-refractivity contribution is 4.90. The summed E-state index contributed by atoms with van der Waals surface area (Å²) in [7, 11) is 0. The van der Waals surface area contributed by atoms with Crippen LogP contribution in [0.4, 0.5) is 0 Å². The smallest absolute Gasteiger partial charge is 0.226 e. The Hall–Kier alpha value is -0.900. The van der Waals surface area contributed by atoms with Crippen LogP contribution in [0.15, 0.2) is 4.52 Å². The van der Waals surface area contributed by atoms with Crippen molar-refractivity contribution in [1.82, 2.24) is 10.1 Å². The lowest BCUT2D eigenvalue weighted by Crippen LogP contribution is -1.99. The van der Waals surface area contributed by atoms with Gasteiger partial charge in [-0.15, -0.1) is 0 Å². The van der Waals surface area contributed by atoms with Crippen LogP contribution in [-0.2, 0) is 6.42 Å². The first-order chi connectivity index (χ1) is 7.13. The fourth-order valence-corrected chi connectivity index (χ4v) is 1.32. The van der Waals surface area contributed by atoms with E-state index in [-0.39, 0.29) is 0 Å². The largest absolute Gasteiger partial charge is 0.385 e.